The van der Waals surface area contributed by atoms with E-state index in [0.717, 1.165) is 0 Å². The Balaban J connectivity index is 1.64. The maximum Gasteiger partial charge on any atom is 0.314 e. The number of aliphatic hydroxyl groups is 1. The molecule has 2 aromatic rings. The molecule has 0 bridgehead atoms. The van der Waals surface area contributed by atoms with E-state index in [1.807, 2.05) is 0 Å². The van der Waals surface area contributed by atoms with E-state index in [-0.39, 0.29) is 12.1 Å². The molecule has 8 heteroatoms. The minimum absolute atomic E-state index is 0.0814. The van der Waals surface area contributed by atoms with Crippen LogP contribution in [0.4, 0.5) is 15.1 Å². The zero-order chi connectivity index (χ0) is 16.5. The number of aromatic nitrogens is 2. The van der Waals surface area contributed by atoms with Gasteiger partial charge in [0.05, 0.1) is 6.10 Å². The summed E-state index contributed by atoms with van der Waals surface area (Å²) >= 11 is 0. The van der Waals surface area contributed by atoms with E-state index in [2.05, 4.69) is 25.9 Å². The second-order valence-electron chi connectivity index (χ2n) is 4.67. The van der Waals surface area contributed by atoms with Crippen molar-refractivity contribution >= 4 is 12.0 Å². The molecule has 1 unspecified atom stereocenters. The van der Waals surface area contributed by atoms with E-state index in [0.29, 0.717) is 19.0 Å². The Bertz CT molecular complexity index is 626. The number of rotatable bonds is 7. The monoisotopic (exact) mass is 319 g/mol. The lowest BCUT2D eigenvalue weighted by molar-refractivity contribution is 0.169. The second-order valence-corrected chi connectivity index (χ2v) is 4.67. The number of aliphatic hydroxyl groups excluding tert-OH is 1. The molecule has 1 heterocycles. The van der Waals surface area contributed by atoms with Crippen molar-refractivity contribution in [2.75, 3.05) is 25.0 Å². The Labute approximate surface area is 133 Å². The molecule has 122 valence electrons. The van der Waals surface area contributed by atoms with Crippen LogP contribution < -0.4 is 16.0 Å². The zero-order valence-electron chi connectivity index (χ0n) is 12.4. The third-order valence-corrected chi connectivity index (χ3v) is 2.98. The summed E-state index contributed by atoms with van der Waals surface area (Å²) in [7, 11) is 0. The Morgan fingerprint density at radius 3 is 2.61 bits per heavy atom. The molecule has 0 radical (unpaired) electrons. The lowest BCUT2D eigenvalue weighted by Crippen LogP contribution is -2.40. The predicted molar refractivity (Wildman–Crippen MR) is 83.3 cm³/mol. The summed E-state index contributed by atoms with van der Waals surface area (Å²) < 4.78 is 13.5. The molecule has 0 spiro atoms. The van der Waals surface area contributed by atoms with Gasteiger partial charge in [-0.2, -0.15) is 0 Å². The van der Waals surface area contributed by atoms with Crippen molar-refractivity contribution in [3.8, 4) is 0 Å². The first kappa shape index (κ1) is 16.6. The second kappa shape index (κ2) is 8.64. The van der Waals surface area contributed by atoms with Crippen LogP contribution in [0.1, 0.15) is 11.7 Å². The molecule has 2 rings (SSSR count). The van der Waals surface area contributed by atoms with E-state index < -0.39 is 18.0 Å². The van der Waals surface area contributed by atoms with Gasteiger partial charge in [-0.05, 0) is 12.1 Å². The number of hydrogen-bond acceptors (Lipinski definition) is 5. The van der Waals surface area contributed by atoms with Crippen LogP contribution in [0.25, 0.3) is 0 Å². The topological polar surface area (TPSA) is 99.2 Å². The van der Waals surface area contributed by atoms with Crippen LogP contribution in [0.3, 0.4) is 0 Å². The highest BCUT2D eigenvalue weighted by Crippen LogP contribution is 2.15. The molecule has 0 aliphatic heterocycles. The van der Waals surface area contributed by atoms with E-state index >= 15 is 0 Å². The minimum atomic E-state index is -1.10. The molecule has 4 N–H and O–H groups in total. The molecule has 1 aromatic heterocycles. The van der Waals surface area contributed by atoms with Gasteiger partial charge in [0.1, 0.15) is 5.82 Å². The van der Waals surface area contributed by atoms with Gasteiger partial charge in [0.25, 0.3) is 0 Å². The molecule has 0 aliphatic rings. The average Bonchev–Trinajstić information content (AvgIpc) is 2.58. The number of hydrogen-bond donors (Lipinski definition) is 4. The summed E-state index contributed by atoms with van der Waals surface area (Å²) in [5, 5.41) is 17.9. The average molecular weight is 319 g/mol. The van der Waals surface area contributed by atoms with Crippen LogP contribution in [-0.4, -0.2) is 40.7 Å². The smallest absolute Gasteiger partial charge is 0.314 e. The van der Waals surface area contributed by atoms with E-state index in [4.69, 9.17) is 0 Å². The molecule has 1 atom stereocenters. The first-order chi connectivity index (χ1) is 11.2. The Morgan fingerprint density at radius 2 is 1.87 bits per heavy atom. The van der Waals surface area contributed by atoms with E-state index in [1.54, 1.807) is 24.5 Å². The Morgan fingerprint density at radius 1 is 1.13 bits per heavy atom. The summed E-state index contributed by atoms with van der Waals surface area (Å²) in [6.07, 6.45) is 2.12. The van der Waals surface area contributed by atoms with Crippen LogP contribution >= 0.6 is 0 Å². The number of carbonyl (C=O) groups excluding carboxylic acids is 1. The highest BCUT2D eigenvalue weighted by atomic mass is 19.1. The van der Waals surface area contributed by atoms with Crippen molar-refractivity contribution in [2.24, 2.45) is 0 Å². The normalized spacial score (nSPS) is 11.6. The summed E-state index contributed by atoms with van der Waals surface area (Å²) in [6.45, 7) is 0.717. The van der Waals surface area contributed by atoms with Crippen molar-refractivity contribution in [3.63, 3.8) is 0 Å². The van der Waals surface area contributed by atoms with Gasteiger partial charge in [-0.25, -0.2) is 19.2 Å². The summed E-state index contributed by atoms with van der Waals surface area (Å²) in [5.74, 6) is -0.0287. The van der Waals surface area contributed by atoms with Crippen LogP contribution in [0.2, 0.25) is 0 Å². The van der Waals surface area contributed by atoms with E-state index in [9.17, 15) is 14.3 Å². The molecule has 0 saturated carbocycles. The Kier molecular flexibility index (Phi) is 6.25. The standard InChI is InChI=1S/C15H18FN5O2/c16-12-5-2-1-4-11(12)13(22)10-21-15(23)20-9-8-19-14-17-6-3-7-18-14/h1-7,13,22H,8-10H2,(H,17,18,19)(H2,20,21,23). The van der Waals surface area contributed by atoms with Gasteiger partial charge in [0.15, 0.2) is 0 Å². The van der Waals surface area contributed by atoms with Gasteiger partial charge in [0.2, 0.25) is 5.95 Å². The minimum Gasteiger partial charge on any atom is -0.386 e. The van der Waals surface area contributed by atoms with Crippen LogP contribution in [0, 0.1) is 5.82 Å². The largest absolute Gasteiger partial charge is 0.386 e. The lowest BCUT2D eigenvalue weighted by Gasteiger charge is -2.13. The number of anilines is 1. The van der Waals surface area contributed by atoms with Crippen molar-refractivity contribution in [1.82, 2.24) is 20.6 Å². The number of nitrogens with zero attached hydrogens (tertiary/aromatic N) is 2. The summed E-state index contributed by atoms with van der Waals surface area (Å²) in [5.41, 5.74) is 0.149. The Hall–Kier alpha value is -2.74. The maximum atomic E-state index is 13.5. The zero-order valence-corrected chi connectivity index (χ0v) is 12.4. The van der Waals surface area contributed by atoms with Crippen molar-refractivity contribution in [1.29, 1.82) is 0 Å². The molecule has 0 saturated heterocycles. The van der Waals surface area contributed by atoms with Crippen LogP contribution in [-0.2, 0) is 0 Å². The molecule has 23 heavy (non-hydrogen) atoms. The quantitative estimate of drug-likeness (QED) is 0.572. The third kappa shape index (κ3) is 5.51. The lowest BCUT2D eigenvalue weighted by atomic mass is 10.1. The molecule has 1 aromatic carbocycles. The highest BCUT2D eigenvalue weighted by molar-refractivity contribution is 5.73. The maximum absolute atomic E-state index is 13.5. The van der Waals surface area contributed by atoms with Crippen molar-refractivity contribution in [3.05, 3.63) is 54.1 Å². The third-order valence-electron chi connectivity index (χ3n) is 2.98. The van der Waals surface area contributed by atoms with Gasteiger partial charge >= 0.3 is 6.03 Å². The molecule has 7 nitrogen and oxygen atoms in total. The SMILES string of the molecule is O=C(NCCNc1ncccn1)NCC(O)c1ccccc1F. The van der Waals surface area contributed by atoms with Crippen LogP contribution in [0.5, 0.6) is 0 Å². The van der Waals surface area contributed by atoms with E-state index in [1.165, 1.54) is 18.2 Å². The number of halogens is 1. The molecular formula is C15H18FN5O2. The molecule has 0 aliphatic carbocycles. The number of urea groups is 1. The van der Waals surface area contributed by atoms with Gasteiger partial charge in [-0.15, -0.1) is 0 Å². The summed E-state index contributed by atoms with van der Waals surface area (Å²) in [4.78, 5) is 19.5. The molecule has 2 amide bonds. The van der Waals surface area contributed by atoms with Crippen LogP contribution in [0.15, 0.2) is 42.7 Å². The number of nitrogens with one attached hydrogen (secondary N) is 3. The summed E-state index contributed by atoms with van der Waals surface area (Å²) in [6, 6.07) is 7.15. The van der Waals surface area contributed by atoms with Gasteiger partial charge in [0, 0.05) is 37.6 Å². The van der Waals surface area contributed by atoms with Gasteiger partial charge in [-0.3, -0.25) is 0 Å². The number of benzene rings is 1. The number of amides is 2. The van der Waals surface area contributed by atoms with Gasteiger partial charge in [-0.1, -0.05) is 18.2 Å². The fourth-order valence-electron chi connectivity index (χ4n) is 1.85. The molecular weight excluding hydrogens is 301 g/mol. The molecule has 0 fully saturated rings. The fraction of sp³-hybridized carbons (Fsp3) is 0.267. The van der Waals surface area contributed by atoms with Gasteiger partial charge < -0.3 is 21.1 Å². The predicted octanol–water partition coefficient (Wildman–Crippen LogP) is 1.06. The van der Waals surface area contributed by atoms with Crippen molar-refractivity contribution < 1.29 is 14.3 Å². The van der Waals surface area contributed by atoms with Crippen molar-refractivity contribution in [2.45, 2.75) is 6.10 Å². The highest BCUT2D eigenvalue weighted by Gasteiger charge is 2.12. The number of carbonyl (C=O) groups is 1. The first-order valence-corrected chi connectivity index (χ1v) is 7.12. The fourth-order valence-corrected chi connectivity index (χ4v) is 1.85. The first-order valence-electron chi connectivity index (χ1n) is 7.12.